The number of halogens is 3. The molecule has 0 saturated heterocycles. The second kappa shape index (κ2) is 9.65. The molecular weight excluding hydrogens is 459 g/mol. The molecule has 0 atom stereocenters. The van der Waals surface area contributed by atoms with E-state index in [9.17, 15) is 22.8 Å². The van der Waals surface area contributed by atoms with Gasteiger partial charge in [0.25, 0.3) is 5.91 Å². The van der Waals surface area contributed by atoms with E-state index in [2.05, 4.69) is 15.6 Å². The van der Waals surface area contributed by atoms with Gasteiger partial charge in [-0.15, -0.1) is 0 Å². The number of nitrogens with zero attached hydrogens (tertiary/aromatic N) is 3. The number of carbonyl (C=O) groups excluding carboxylic acids is 2. The molecule has 182 valence electrons. The number of hydrogen-bond donors (Lipinski definition) is 2. The monoisotopic (exact) mass is 483 g/mol. The van der Waals surface area contributed by atoms with Crippen molar-refractivity contribution in [3.05, 3.63) is 83.2 Å². The molecule has 1 aromatic heterocycles. The minimum Gasteiger partial charge on any atom is -0.370 e. The summed E-state index contributed by atoms with van der Waals surface area (Å²) in [5.41, 5.74) is 3.15. The predicted molar refractivity (Wildman–Crippen MR) is 128 cm³/mol. The van der Waals surface area contributed by atoms with E-state index in [-0.39, 0.29) is 11.6 Å². The van der Waals surface area contributed by atoms with Crippen LogP contribution in [0.25, 0.3) is 0 Å². The van der Waals surface area contributed by atoms with Gasteiger partial charge in [-0.25, -0.2) is 4.79 Å². The molecule has 3 amide bonds. The summed E-state index contributed by atoms with van der Waals surface area (Å²) in [6.45, 7) is 0.970. The smallest absolute Gasteiger partial charge is 0.370 e. The largest absolute Gasteiger partial charge is 0.416 e. The lowest BCUT2D eigenvalue weighted by Crippen LogP contribution is -2.33. The van der Waals surface area contributed by atoms with Crippen LogP contribution in [0.1, 0.15) is 27.2 Å². The van der Waals surface area contributed by atoms with E-state index in [4.69, 9.17) is 0 Å². The Morgan fingerprint density at radius 3 is 2.66 bits per heavy atom. The van der Waals surface area contributed by atoms with Crippen LogP contribution in [0.4, 0.5) is 35.0 Å². The van der Waals surface area contributed by atoms with Gasteiger partial charge < -0.3 is 15.5 Å². The van der Waals surface area contributed by atoms with Crippen molar-refractivity contribution >= 4 is 29.0 Å². The first-order chi connectivity index (χ1) is 16.7. The Bertz CT molecular complexity index is 1260. The normalized spacial score (nSPS) is 12.8. The van der Waals surface area contributed by atoms with E-state index >= 15 is 0 Å². The summed E-state index contributed by atoms with van der Waals surface area (Å²) in [5.74, 6) is -0.254. The molecule has 2 heterocycles. The number of amides is 3. The number of urea groups is 1. The summed E-state index contributed by atoms with van der Waals surface area (Å²) in [7, 11) is 3.48. The lowest BCUT2D eigenvalue weighted by Gasteiger charge is -2.22. The van der Waals surface area contributed by atoms with Gasteiger partial charge in [0, 0.05) is 50.4 Å². The molecule has 10 heteroatoms. The van der Waals surface area contributed by atoms with Crippen LogP contribution in [-0.4, -0.2) is 37.6 Å². The van der Waals surface area contributed by atoms with Crippen LogP contribution < -0.4 is 20.4 Å². The van der Waals surface area contributed by atoms with E-state index in [0.29, 0.717) is 25.2 Å². The van der Waals surface area contributed by atoms with Gasteiger partial charge >= 0.3 is 12.2 Å². The molecule has 2 N–H and O–H groups in total. The first-order valence-corrected chi connectivity index (χ1v) is 10.9. The number of benzene rings is 2. The van der Waals surface area contributed by atoms with Gasteiger partial charge in [0.15, 0.2) is 0 Å². The Morgan fingerprint density at radius 1 is 1.11 bits per heavy atom. The zero-order valence-corrected chi connectivity index (χ0v) is 19.2. The van der Waals surface area contributed by atoms with Gasteiger partial charge in [-0.05, 0) is 66.1 Å². The first kappa shape index (κ1) is 24.1. The standard InChI is InChI=1S/C25H24F3N5O2/c1-29-23(34)21-12-16(8-10-30-21)15-32(2)20-6-7-22-17(13-20)9-11-33(22)24(35)31-19-5-3-4-18(14-19)25(26,27)28/h3-8,10,12-14H,9,11,15H2,1-2H3,(H,29,34)(H,31,35). The van der Waals surface area contributed by atoms with Crippen LogP contribution in [-0.2, 0) is 19.1 Å². The number of fused-ring (bicyclic) bond motifs is 1. The Morgan fingerprint density at radius 2 is 1.91 bits per heavy atom. The van der Waals surface area contributed by atoms with Crippen LogP contribution in [0.15, 0.2) is 60.8 Å². The van der Waals surface area contributed by atoms with Gasteiger partial charge in [-0.3, -0.25) is 14.7 Å². The SMILES string of the molecule is CNC(=O)c1cc(CN(C)c2ccc3c(c2)CCN3C(=O)Nc2cccc(C(F)(F)F)c2)ccn1. The van der Waals surface area contributed by atoms with E-state index < -0.39 is 17.8 Å². The maximum atomic E-state index is 13.0. The molecule has 35 heavy (non-hydrogen) atoms. The van der Waals surface area contributed by atoms with Crippen molar-refractivity contribution in [1.82, 2.24) is 10.3 Å². The highest BCUT2D eigenvalue weighted by Crippen LogP contribution is 2.33. The second-order valence-electron chi connectivity index (χ2n) is 8.21. The highest BCUT2D eigenvalue weighted by Gasteiger charge is 2.31. The van der Waals surface area contributed by atoms with E-state index in [0.717, 1.165) is 34.6 Å². The van der Waals surface area contributed by atoms with E-state index in [1.54, 1.807) is 19.3 Å². The second-order valence-corrected chi connectivity index (χ2v) is 8.21. The molecule has 7 nitrogen and oxygen atoms in total. The third kappa shape index (κ3) is 5.37. The molecule has 0 unspecified atom stereocenters. The molecule has 0 aliphatic carbocycles. The fourth-order valence-corrected chi connectivity index (χ4v) is 3.99. The fraction of sp³-hybridized carbons (Fsp3) is 0.240. The average Bonchev–Trinajstić information content (AvgIpc) is 3.27. The summed E-state index contributed by atoms with van der Waals surface area (Å²) >= 11 is 0. The topological polar surface area (TPSA) is 77.6 Å². The lowest BCUT2D eigenvalue weighted by atomic mass is 10.1. The molecule has 0 radical (unpaired) electrons. The Balaban J connectivity index is 1.46. The maximum absolute atomic E-state index is 13.0. The molecule has 0 bridgehead atoms. The zero-order chi connectivity index (χ0) is 25.2. The lowest BCUT2D eigenvalue weighted by molar-refractivity contribution is -0.137. The van der Waals surface area contributed by atoms with Gasteiger partial charge in [-0.2, -0.15) is 13.2 Å². The maximum Gasteiger partial charge on any atom is 0.416 e. The third-order valence-electron chi connectivity index (χ3n) is 5.79. The minimum atomic E-state index is -4.48. The van der Waals surface area contributed by atoms with E-state index in [1.165, 1.54) is 17.0 Å². The number of hydrogen-bond acceptors (Lipinski definition) is 4. The van der Waals surface area contributed by atoms with Gasteiger partial charge in [-0.1, -0.05) is 6.07 Å². The van der Waals surface area contributed by atoms with Crippen molar-refractivity contribution in [1.29, 1.82) is 0 Å². The van der Waals surface area contributed by atoms with Gasteiger partial charge in [0.1, 0.15) is 5.69 Å². The molecule has 0 saturated carbocycles. The van der Waals surface area contributed by atoms with Gasteiger partial charge in [0.2, 0.25) is 0 Å². The molecule has 0 fully saturated rings. The average molecular weight is 483 g/mol. The summed E-state index contributed by atoms with van der Waals surface area (Å²) < 4.78 is 38.9. The number of anilines is 3. The molecule has 1 aliphatic heterocycles. The Hall–Kier alpha value is -4.08. The molecule has 2 aromatic carbocycles. The fourth-order valence-electron chi connectivity index (χ4n) is 3.99. The Labute approximate surface area is 200 Å². The summed E-state index contributed by atoms with van der Waals surface area (Å²) in [6, 6.07) is 13.4. The van der Waals surface area contributed by atoms with Crippen molar-refractivity contribution in [3.8, 4) is 0 Å². The van der Waals surface area contributed by atoms with Crippen LogP contribution in [0.3, 0.4) is 0 Å². The summed E-state index contributed by atoms with van der Waals surface area (Å²) in [4.78, 5) is 32.3. The van der Waals surface area contributed by atoms with Crippen molar-refractivity contribution in [2.75, 3.05) is 35.8 Å². The molecule has 3 aromatic rings. The van der Waals surface area contributed by atoms with Gasteiger partial charge in [0.05, 0.1) is 5.56 Å². The number of aromatic nitrogens is 1. The van der Waals surface area contributed by atoms with Crippen LogP contribution >= 0.6 is 0 Å². The molecule has 1 aliphatic rings. The number of carbonyl (C=O) groups is 2. The number of nitrogens with one attached hydrogen (secondary N) is 2. The zero-order valence-electron chi connectivity index (χ0n) is 19.2. The highest BCUT2D eigenvalue weighted by atomic mass is 19.4. The first-order valence-electron chi connectivity index (χ1n) is 10.9. The van der Waals surface area contributed by atoms with Crippen molar-refractivity contribution in [2.45, 2.75) is 19.1 Å². The molecule has 0 spiro atoms. The van der Waals surface area contributed by atoms with E-state index in [1.807, 2.05) is 36.2 Å². The number of alkyl halides is 3. The minimum absolute atomic E-state index is 0.0862. The van der Waals surface area contributed by atoms with Crippen molar-refractivity contribution < 1.29 is 22.8 Å². The Kier molecular flexibility index (Phi) is 6.63. The summed E-state index contributed by atoms with van der Waals surface area (Å²) in [6.07, 6.45) is -2.26. The number of pyridine rings is 1. The van der Waals surface area contributed by atoms with Crippen LogP contribution in [0, 0.1) is 0 Å². The third-order valence-corrected chi connectivity index (χ3v) is 5.79. The summed E-state index contributed by atoms with van der Waals surface area (Å²) in [5, 5.41) is 5.12. The highest BCUT2D eigenvalue weighted by molar-refractivity contribution is 6.03. The van der Waals surface area contributed by atoms with Crippen LogP contribution in [0.5, 0.6) is 0 Å². The van der Waals surface area contributed by atoms with Crippen molar-refractivity contribution in [3.63, 3.8) is 0 Å². The quantitative estimate of drug-likeness (QED) is 0.552. The van der Waals surface area contributed by atoms with Crippen LogP contribution in [0.2, 0.25) is 0 Å². The molecule has 4 rings (SSSR count). The molecular formula is C25H24F3N5O2. The number of rotatable bonds is 5. The van der Waals surface area contributed by atoms with Crippen molar-refractivity contribution in [2.24, 2.45) is 0 Å². The predicted octanol–water partition coefficient (Wildman–Crippen LogP) is 4.69.